The predicted octanol–water partition coefficient (Wildman–Crippen LogP) is 5.27. The highest BCUT2D eigenvalue weighted by molar-refractivity contribution is 5.92. The number of carbonyl (C=O) groups is 1. The summed E-state index contributed by atoms with van der Waals surface area (Å²) < 4.78 is 28.7. The van der Waals surface area contributed by atoms with Gasteiger partial charge in [0.05, 0.1) is 28.0 Å². The summed E-state index contributed by atoms with van der Waals surface area (Å²) in [5, 5.41) is 3.81. The molecule has 0 fully saturated rings. The van der Waals surface area contributed by atoms with Gasteiger partial charge in [0.25, 0.3) is 0 Å². The molecule has 1 aromatic carbocycles. The molecule has 0 amide bonds. The lowest BCUT2D eigenvalue weighted by molar-refractivity contribution is -0.132. The maximum Gasteiger partial charge on any atom is 0.355 e. The van der Waals surface area contributed by atoms with E-state index in [1.807, 2.05) is 33.8 Å². The molecule has 1 N–H and O–H groups in total. The second-order valence-corrected chi connectivity index (χ2v) is 10.0. The molecule has 4 aromatic rings. The monoisotopic (exact) mass is 545 g/mol. The van der Waals surface area contributed by atoms with Crippen LogP contribution in [0.1, 0.15) is 63.0 Å². The molecule has 1 unspecified atom stereocenters. The smallest absolute Gasteiger partial charge is 0.355 e. The van der Waals surface area contributed by atoms with Crippen molar-refractivity contribution >= 4 is 22.6 Å². The molecular weight excluding hydrogens is 513 g/mol. The molecular formula is C30H32FN5O4. The van der Waals surface area contributed by atoms with Gasteiger partial charge in [-0.3, -0.25) is 9.78 Å². The highest BCUT2D eigenvalue weighted by atomic mass is 19.1. The van der Waals surface area contributed by atoms with Gasteiger partial charge in [-0.1, -0.05) is 26.8 Å². The molecule has 4 heterocycles. The Balaban J connectivity index is 2.00. The van der Waals surface area contributed by atoms with E-state index < -0.39 is 17.6 Å². The van der Waals surface area contributed by atoms with Crippen LogP contribution < -0.4 is 15.7 Å². The number of benzene rings is 1. The molecule has 0 radical (unpaired) electrons. The van der Waals surface area contributed by atoms with Crippen LogP contribution in [0.15, 0.2) is 41.3 Å². The lowest BCUT2D eigenvalue weighted by Gasteiger charge is -2.25. The van der Waals surface area contributed by atoms with Crippen molar-refractivity contribution < 1.29 is 18.7 Å². The van der Waals surface area contributed by atoms with Crippen LogP contribution in [0, 0.1) is 12.7 Å². The van der Waals surface area contributed by atoms with Gasteiger partial charge in [0.2, 0.25) is 5.78 Å². The molecule has 5 rings (SSSR count). The Hall–Kier alpha value is -4.18. The quantitative estimate of drug-likeness (QED) is 0.349. The number of Topliss-reactive ketones (excluding diaryl/α,β-unsaturated/α-hetero) is 1. The summed E-state index contributed by atoms with van der Waals surface area (Å²) in [7, 11) is 0. The topological polar surface area (TPSA) is 108 Å². The van der Waals surface area contributed by atoms with Crippen LogP contribution in [0.25, 0.3) is 28.0 Å². The Bertz CT molecular complexity index is 1670. The Kier molecular flexibility index (Phi) is 7.62. The summed E-state index contributed by atoms with van der Waals surface area (Å²) >= 11 is 0. The van der Waals surface area contributed by atoms with Crippen molar-refractivity contribution in [2.45, 2.75) is 53.1 Å². The van der Waals surface area contributed by atoms with E-state index in [4.69, 9.17) is 14.5 Å². The molecule has 2 bridgehead atoms. The summed E-state index contributed by atoms with van der Waals surface area (Å²) in [5.74, 6) is -0.517. The molecule has 0 saturated heterocycles. The van der Waals surface area contributed by atoms with Crippen molar-refractivity contribution in [3.05, 3.63) is 69.7 Å². The second-order valence-electron chi connectivity index (χ2n) is 10.0. The number of aromatic nitrogens is 4. The SMILES string of the molecule is CCCNc1nc(=O)n2c3nc(c(C)cc13)-c1c(F)cccc1OCC(=O)C(OCC)c1ccnc(C(C)C)c1-2. The molecule has 1 atom stereocenters. The minimum atomic E-state index is -1.07. The lowest BCUT2D eigenvalue weighted by Crippen LogP contribution is -2.30. The number of hydrogen-bond donors (Lipinski definition) is 1. The van der Waals surface area contributed by atoms with Crippen LogP contribution in [0.3, 0.4) is 0 Å². The number of carbonyl (C=O) groups excluding carboxylic acids is 1. The van der Waals surface area contributed by atoms with Crippen LogP contribution in [0.4, 0.5) is 10.2 Å². The average Bonchev–Trinajstić information content (AvgIpc) is 2.93. The molecule has 0 spiro atoms. The van der Waals surface area contributed by atoms with Crippen LogP contribution in [0.5, 0.6) is 5.75 Å². The fourth-order valence-corrected chi connectivity index (χ4v) is 5.04. The molecule has 10 heteroatoms. The molecule has 0 saturated carbocycles. The number of ether oxygens (including phenoxy) is 2. The minimum absolute atomic E-state index is 0.109. The zero-order valence-corrected chi connectivity index (χ0v) is 23.2. The van der Waals surface area contributed by atoms with Gasteiger partial charge in [0.1, 0.15) is 30.1 Å². The van der Waals surface area contributed by atoms with Crippen molar-refractivity contribution in [2.24, 2.45) is 0 Å². The van der Waals surface area contributed by atoms with E-state index in [2.05, 4.69) is 15.3 Å². The maximum atomic E-state index is 15.4. The molecule has 1 aliphatic heterocycles. The molecule has 208 valence electrons. The van der Waals surface area contributed by atoms with Crippen molar-refractivity contribution in [3.8, 4) is 22.7 Å². The zero-order chi connectivity index (χ0) is 28.6. The fourth-order valence-electron chi connectivity index (χ4n) is 5.04. The standard InChI is InChI=1S/C30H32FN5O4/c1-6-12-33-28-19-14-17(5)25-23-20(31)9-8-10-22(23)40-15-21(37)27(39-7-2)18-11-13-32-24(16(3)4)26(18)36(29(19)34-25)30(38)35-28/h8-11,13-14,16,27H,6-7,12,15H2,1-5H3,(H,33,35,38). The number of rotatable bonds is 6. The Morgan fingerprint density at radius 2 is 2.00 bits per heavy atom. The number of pyridine rings is 2. The summed E-state index contributed by atoms with van der Waals surface area (Å²) in [6.07, 6.45) is 1.35. The van der Waals surface area contributed by atoms with Gasteiger partial charge in [-0.25, -0.2) is 18.7 Å². The summed E-state index contributed by atoms with van der Waals surface area (Å²) in [5.41, 5.74) is 2.12. The Labute approximate surface area is 231 Å². The minimum Gasteiger partial charge on any atom is -0.485 e. The summed E-state index contributed by atoms with van der Waals surface area (Å²) in [6, 6.07) is 7.95. The third-order valence-corrected chi connectivity index (χ3v) is 6.85. The van der Waals surface area contributed by atoms with Gasteiger partial charge in [0.15, 0.2) is 5.65 Å². The van der Waals surface area contributed by atoms with E-state index in [1.54, 1.807) is 25.3 Å². The third-order valence-electron chi connectivity index (χ3n) is 6.85. The fraction of sp³-hybridized carbons (Fsp3) is 0.367. The zero-order valence-electron chi connectivity index (χ0n) is 23.2. The van der Waals surface area contributed by atoms with Gasteiger partial charge in [-0.05, 0) is 56.0 Å². The normalized spacial score (nSPS) is 14.9. The van der Waals surface area contributed by atoms with E-state index in [9.17, 15) is 9.59 Å². The van der Waals surface area contributed by atoms with E-state index in [1.165, 1.54) is 16.7 Å². The number of nitrogens with zero attached hydrogens (tertiary/aromatic N) is 4. The number of aryl methyl sites for hydroxylation is 1. The number of ketones is 1. The Morgan fingerprint density at radius 1 is 1.20 bits per heavy atom. The number of halogens is 1. The van der Waals surface area contributed by atoms with Crippen LogP contribution >= 0.6 is 0 Å². The summed E-state index contributed by atoms with van der Waals surface area (Å²) in [4.78, 5) is 41.5. The van der Waals surface area contributed by atoms with Gasteiger partial charge >= 0.3 is 5.69 Å². The van der Waals surface area contributed by atoms with E-state index >= 15 is 4.39 Å². The summed E-state index contributed by atoms with van der Waals surface area (Å²) in [6.45, 7) is 9.96. The lowest BCUT2D eigenvalue weighted by atomic mass is 9.98. The predicted molar refractivity (Wildman–Crippen MR) is 151 cm³/mol. The van der Waals surface area contributed by atoms with Gasteiger partial charge < -0.3 is 14.8 Å². The first-order valence-corrected chi connectivity index (χ1v) is 13.5. The molecule has 3 aromatic heterocycles. The molecule has 0 aliphatic carbocycles. The number of fused-ring (bicyclic) bond motifs is 5. The van der Waals surface area contributed by atoms with E-state index in [-0.39, 0.29) is 41.9 Å². The van der Waals surface area contributed by atoms with Crippen molar-refractivity contribution in [1.29, 1.82) is 0 Å². The van der Waals surface area contributed by atoms with Gasteiger partial charge in [-0.2, -0.15) is 4.98 Å². The third kappa shape index (κ3) is 4.72. The second kappa shape index (κ2) is 11.1. The van der Waals surface area contributed by atoms with Crippen molar-refractivity contribution in [2.75, 3.05) is 25.1 Å². The molecule has 9 nitrogen and oxygen atoms in total. The highest BCUT2D eigenvalue weighted by Gasteiger charge is 2.31. The highest BCUT2D eigenvalue weighted by Crippen LogP contribution is 2.38. The van der Waals surface area contributed by atoms with Crippen LogP contribution in [0.2, 0.25) is 0 Å². The maximum absolute atomic E-state index is 15.4. The van der Waals surface area contributed by atoms with E-state index in [0.29, 0.717) is 46.0 Å². The van der Waals surface area contributed by atoms with Crippen molar-refractivity contribution in [1.82, 2.24) is 19.5 Å². The molecule has 40 heavy (non-hydrogen) atoms. The number of anilines is 1. The Morgan fingerprint density at radius 3 is 2.73 bits per heavy atom. The van der Waals surface area contributed by atoms with Gasteiger partial charge in [0, 0.05) is 24.9 Å². The van der Waals surface area contributed by atoms with Crippen molar-refractivity contribution in [3.63, 3.8) is 0 Å². The van der Waals surface area contributed by atoms with E-state index in [0.717, 1.165) is 6.42 Å². The van der Waals surface area contributed by atoms with Crippen LogP contribution in [-0.2, 0) is 9.53 Å². The largest absolute Gasteiger partial charge is 0.485 e. The first kappa shape index (κ1) is 27.4. The molecule has 1 aliphatic rings. The van der Waals surface area contributed by atoms with Gasteiger partial charge in [-0.15, -0.1) is 0 Å². The first-order chi connectivity index (χ1) is 19.3. The van der Waals surface area contributed by atoms with Crippen LogP contribution in [-0.4, -0.2) is 45.1 Å². The number of nitrogens with one attached hydrogen (secondary N) is 1. The average molecular weight is 546 g/mol. The number of hydrogen-bond acceptors (Lipinski definition) is 8. The first-order valence-electron chi connectivity index (χ1n) is 13.5.